The molecule has 0 saturated carbocycles. The highest BCUT2D eigenvalue weighted by molar-refractivity contribution is 9.10. The Labute approximate surface area is 129 Å². The van der Waals surface area contributed by atoms with Gasteiger partial charge in [0.1, 0.15) is 4.90 Å². The highest BCUT2D eigenvalue weighted by Crippen LogP contribution is 2.25. The van der Waals surface area contributed by atoms with Crippen molar-refractivity contribution in [2.24, 2.45) is 0 Å². The summed E-state index contributed by atoms with van der Waals surface area (Å²) < 4.78 is 41.9. The van der Waals surface area contributed by atoms with Crippen LogP contribution in [0.15, 0.2) is 33.9 Å². The number of benzene rings is 1. The Morgan fingerprint density at radius 2 is 2.19 bits per heavy atom. The summed E-state index contributed by atoms with van der Waals surface area (Å²) >= 11 is 2.93. The summed E-state index contributed by atoms with van der Waals surface area (Å²) in [5.74, 6) is -0.868. The topological polar surface area (TPSA) is 103 Å². The Morgan fingerprint density at radius 3 is 2.86 bits per heavy atom. The molecule has 0 atom stereocenters. The molecule has 3 N–H and O–H groups in total. The normalized spacial score (nSPS) is 11.7. The van der Waals surface area contributed by atoms with Crippen LogP contribution in [-0.4, -0.2) is 30.0 Å². The lowest BCUT2D eigenvalue weighted by Gasteiger charge is -2.09. The van der Waals surface area contributed by atoms with E-state index in [0.717, 1.165) is 6.07 Å². The largest absolute Gasteiger partial charge is 0.399 e. The first-order valence-corrected chi connectivity index (χ1v) is 8.26. The lowest BCUT2D eigenvalue weighted by Crippen LogP contribution is -2.26. The first kappa shape index (κ1) is 15.9. The van der Waals surface area contributed by atoms with Crippen LogP contribution < -0.4 is 10.5 Å². The zero-order valence-corrected chi connectivity index (χ0v) is 13.2. The average Bonchev–Trinajstić information content (AvgIpc) is 2.92. The van der Waals surface area contributed by atoms with Crippen LogP contribution in [0.1, 0.15) is 6.42 Å². The van der Waals surface area contributed by atoms with Crippen LogP contribution in [0.2, 0.25) is 0 Å². The van der Waals surface area contributed by atoms with Crippen molar-refractivity contribution in [3.05, 3.63) is 34.8 Å². The molecule has 21 heavy (non-hydrogen) atoms. The second-order valence-corrected chi connectivity index (χ2v) is 6.82. The monoisotopic (exact) mass is 377 g/mol. The second-order valence-electron chi connectivity index (χ2n) is 4.23. The minimum atomic E-state index is -3.96. The van der Waals surface area contributed by atoms with Gasteiger partial charge in [0.15, 0.2) is 5.82 Å². The van der Waals surface area contributed by atoms with Gasteiger partial charge in [-0.2, -0.15) is 0 Å². The van der Waals surface area contributed by atoms with Crippen molar-refractivity contribution in [1.82, 2.24) is 19.7 Å². The molecule has 1 aromatic carbocycles. The van der Waals surface area contributed by atoms with Crippen molar-refractivity contribution in [3.8, 4) is 0 Å². The molecule has 0 bridgehead atoms. The van der Waals surface area contributed by atoms with Crippen LogP contribution in [0.3, 0.4) is 0 Å². The third kappa shape index (κ3) is 3.99. The highest BCUT2D eigenvalue weighted by atomic mass is 79.9. The van der Waals surface area contributed by atoms with E-state index in [1.165, 1.54) is 12.3 Å². The third-order valence-corrected chi connectivity index (χ3v) is 4.67. The zero-order valence-electron chi connectivity index (χ0n) is 10.8. The summed E-state index contributed by atoms with van der Waals surface area (Å²) in [6, 6.07) is 2.39. The molecule has 1 heterocycles. The molecule has 0 aliphatic carbocycles. The van der Waals surface area contributed by atoms with Crippen molar-refractivity contribution in [2.45, 2.75) is 17.9 Å². The number of hydrogen-bond donors (Lipinski definition) is 2. The summed E-state index contributed by atoms with van der Waals surface area (Å²) in [6.07, 6.45) is 3.70. The number of aromatic nitrogens is 3. The van der Waals surface area contributed by atoms with E-state index in [2.05, 4.69) is 31.0 Å². The summed E-state index contributed by atoms with van der Waals surface area (Å²) in [4.78, 5) is -0.477. The van der Waals surface area contributed by atoms with E-state index in [1.54, 1.807) is 10.9 Å². The summed E-state index contributed by atoms with van der Waals surface area (Å²) in [7, 11) is -3.96. The number of sulfonamides is 1. The molecular formula is C11H13BrFN5O2S. The molecule has 0 fully saturated rings. The lowest BCUT2D eigenvalue weighted by molar-refractivity contribution is 0.534. The van der Waals surface area contributed by atoms with Crippen molar-refractivity contribution in [2.75, 3.05) is 12.3 Å². The molecule has 7 nitrogen and oxygen atoms in total. The van der Waals surface area contributed by atoms with Crippen LogP contribution in [0.5, 0.6) is 0 Å². The molecule has 0 radical (unpaired) electrons. The predicted octanol–water partition coefficient (Wildman–Crippen LogP) is 1.13. The number of nitrogen functional groups attached to an aromatic ring is 1. The molecule has 0 aliphatic heterocycles. The maximum absolute atomic E-state index is 13.9. The van der Waals surface area contributed by atoms with Crippen LogP contribution in [0.4, 0.5) is 10.1 Å². The molecule has 2 aromatic rings. The van der Waals surface area contributed by atoms with Gasteiger partial charge in [0.25, 0.3) is 0 Å². The van der Waals surface area contributed by atoms with Crippen LogP contribution >= 0.6 is 15.9 Å². The Morgan fingerprint density at radius 1 is 1.43 bits per heavy atom. The van der Waals surface area contributed by atoms with E-state index in [0.29, 0.717) is 13.0 Å². The van der Waals surface area contributed by atoms with Gasteiger partial charge < -0.3 is 5.73 Å². The number of anilines is 1. The summed E-state index contributed by atoms with van der Waals surface area (Å²) in [6.45, 7) is 0.652. The van der Waals surface area contributed by atoms with Gasteiger partial charge in [0, 0.05) is 25.0 Å². The first-order chi connectivity index (χ1) is 9.90. The van der Waals surface area contributed by atoms with E-state index >= 15 is 0 Å². The summed E-state index contributed by atoms with van der Waals surface area (Å²) in [5.41, 5.74) is 5.70. The number of hydrogen-bond acceptors (Lipinski definition) is 5. The maximum atomic E-state index is 13.9. The van der Waals surface area contributed by atoms with Crippen molar-refractivity contribution in [1.29, 1.82) is 0 Å². The first-order valence-electron chi connectivity index (χ1n) is 5.98. The van der Waals surface area contributed by atoms with Crippen LogP contribution in [0, 0.1) is 5.82 Å². The van der Waals surface area contributed by atoms with Crippen LogP contribution in [-0.2, 0) is 16.6 Å². The smallest absolute Gasteiger partial charge is 0.243 e. The minimum absolute atomic E-state index is 0.00508. The third-order valence-electron chi connectivity index (χ3n) is 2.63. The van der Waals surface area contributed by atoms with E-state index in [9.17, 15) is 12.8 Å². The predicted molar refractivity (Wildman–Crippen MR) is 78.3 cm³/mol. The Balaban J connectivity index is 2.02. The van der Waals surface area contributed by atoms with Gasteiger partial charge in [-0.25, -0.2) is 17.5 Å². The molecule has 0 saturated heterocycles. The maximum Gasteiger partial charge on any atom is 0.243 e. The van der Waals surface area contributed by atoms with Crippen molar-refractivity contribution in [3.63, 3.8) is 0 Å². The van der Waals surface area contributed by atoms with Gasteiger partial charge in [-0.15, -0.1) is 5.10 Å². The molecule has 0 unspecified atom stereocenters. The van der Waals surface area contributed by atoms with Gasteiger partial charge in [-0.3, -0.25) is 4.68 Å². The molecule has 114 valence electrons. The summed E-state index contributed by atoms with van der Waals surface area (Å²) in [5, 5.41) is 7.39. The molecule has 10 heteroatoms. The Bertz CT molecular complexity index is 720. The standard InChI is InChI=1S/C11H13BrFN5O2S/c12-9-6-8(14)7-10(11(9)13)21(19,20)16-2-1-4-18-5-3-15-17-18/h3,5-7,16H,1-2,4,14H2. The fourth-order valence-corrected chi connectivity index (χ4v) is 3.47. The Kier molecular flexibility index (Phi) is 4.91. The zero-order chi connectivity index (χ0) is 15.5. The van der Waals surface area contributed by atoms with E-state index in [1.807, 2.05) is 0 Å². The number of nitrogens with one attached hydrogen (secondary N) is 1. The lowest BCUT2D eigenvalue weighted by atomic mass is 10.3. The van der Waals surface area contributed by atoms with E-state index in [4.69, 9.17) is 5.73 Å². The molecule has 0 aliphatic rings. The minimum Gasteiger partial charge on any atom is -0.399 e. The van der Waals surface area contributed by atoms with Crippen molar-refractivity contribution < 1.29 is 12.8 Å². The number of aryl methyl sites for hydroxylation is 1. The fourth-order valence-electron chi connectivity index (χ4n) is 1.66. The van der Waals surface area contributed by atoms with Gasteiger partial charge in [-0.05, 0) is 34.5 Å². The highest BCUT2D eigenvalue weighted by Gasteiger charge is 2.21. The number of halogens is 2. The molecule has 0 spiro atoms. The molecule has 1 aromatic heterocycles. The van der Waals surface area contributed by atoms with E-state index in [-0.39, 0.29) is 16.7 Å². The quantitative estimate of drug-likeness (QED) is 0.580. The molecular weight excluding hydrogens is 365 g/mol. The number of nitrogens with zero attached hydrogens (tertiary/aromatic N) is 3. The Hall–Kier alpha value is -1.52. The molecule has 2 rings (SSSR count). The number of nitrogens with two attached hydrogens (primary N) is 1. The fraction of sp³-hybridized carbons (Fsp3) is 0.273. The van der Waals surface area contributed by atoms with E-state index < -0.39 is 20.7 Å². The van der Waals surface area contributed by atoms with Crippen LogP contribution in [0.25, 0.3) is 0 Å². The van der Waals surface area contributed by atoms with Gasteiger partial charge >= 0.3 is 0 Å². The second kappa shape index (κ2) is 6.50. The van der Waals surface area contributed by atoms with Gasteiger partial charge in [0.05, 0.1) is 10.7 Å². The number of rotatable bonds is 6. The van der Waals surface area contributed by atoms with Crippen molar-refractivity contribution >= 4 is 31.6 Å². The van der Waals surface area contributed by atoms with Gasteiger partial charge in [0.2, 0.25) is 10.0 Å². The average molecular weight is 378 g/mol. The molecule has 0 amide bonds. The van der Waals surface area contributed by atoms with Gasteiger partial charge in [-0.1, -0.05) is 5.21 Å². The SMILES string of the molecule is Nc1cc(Br)c(F)c(S(=O)(=O)NCCCn2ccnn2)c1.